The highest BCUT2D eigenvalue weighted by atomic mass is 35.5. The Kier molecular flexibility index (Phi) is 8.66. The maximum atomic E-state index is 13.6. The van der Waals surface area contributed by atoms with Crippen molar-refractivity contribution in [2.24, 2.45) is 0 Å². The summed E-state index contributed by atoms with van der Waals surface area (Å²) in [6.45, 7) is 1.88. The van der Waals surface area contributed by atoms with Gasteiger partial charge in [-0.1, -0.05) is 35.3 Å². The van der Waals surface area contributed by atoms with Crippen molar-refractivity contribution in [3.05, 3.63) is 51.0 Å². The number of urea groups is 1. The van der Waals surface area contributed by atoms with E-state index >= 15 is 0 Å². The molecule has 4 amide bonds. The molecule has 1 unspecified atom stereocenters. The molecule has 0 aliphatic carbocycles. The highest BCUT2D eigenvalue weighted by molar-refractivity contribution is 6.47. The zero-order chi connectivity index (χ0) is 30.2. The van der Waals surface area contributed by atoms with Gasteiger partial charge in [-0.15, -0.1) is 0 Å². The number of imide groups is 1. The van der Waals surface area contributed by atoms with Crippen molar-refractivity contribution < 1.29 is 49.0 Å². The average Bonchev–Trinajstić information content (AvgIpc) is 2.92. The third kappa shape index (κ3) is 5.76. The number of amides is 4. The summed E-state index contributed by atoms with van der Waals surface area (Å²) in [5.41, 5.74) is -0.0987. The molecule has 16 heteroatoms. The zero-order valence-corrected chi connectivity index (χ0v) is 23.0. The summed E-state index contributed by atoms with van der Waals surface area (Å²) in [4.78, 5) is 65.2. The first-order valence-electron chi connectivity index (χ1n) is 12.4. The molecule has 0 spiro atoms. The first-order valence-corrected chi connectivity index (χ1v) is 13.1. The van der Waals surface area contributed by atoms with Gasteiger partial charge in [-0.3, -0.25) is 19.3 Å². The van der Waals surface area contributed by atoms with Crippen molar-refractivity contribution in [3.8, 4) is 17.2 Å². The van der Waals surface area contributed by atoms with E-state index in [-0.39, 0.29) is 48.0 Å². The smallest absolute Gasteiger partial charge is 0.526 e. The molecule has 2 aromatic carbocycles. The monoisotopic (exact) mass is 607 g/mol. The molecule has 4 rings (SSSR count). The molecule has 0 radical (unpaired) electrons. The number of nitrogens with zero attached hydrogens (tertiary/aromatic N) is 2. The van der Waals surface area contributed by atoms with Crippen LogP contribution in [0.3, 0.4) is 0 Å². The third-order valence-electron chi connectivity index (χ3n) is 6.95. The van der Waals surface area contributed by atoms with Gasteiger partial charge in [0.15, 0.2) is 17.3 Å². The van der Waals surface area contributed by atoms with Crippen molar-refractivity contribution >= 4 is 59.9 Å². The van der Waals surface area contributed by atoms with Crippen molar-refractivity contribution in [2.45, 2.75) is 31.6 Å². The number of likely N-dealkylation sites (N-methyl/N-ethyl adjacent to an activating group) is 1. The number of aromatic hydroxyl groups is 2. The van der Waals surface area contributed by atoms with E-state index in [0.29, 0.717) is 10.5 Å². The van der Waals surface area contributed by atoms with Gasteiger partial charge in [0.1, 0.15) is 17.4 Å². The van der Waals surface area contributed by atoms with E-state index in [0.717, 1.165) is 6.07 Å². The predicted octanol–water partition coefficient (Wildman–Crippen LogP) is 1.99. The quantitative estimate of drug-likeness (QED) is 0.176. The first-order chi connectivity index (χ1) is 19.3. The van der Waals surface area contributed by atoms with Gasteiger partial charge in [-0.2, -0.15) is 0 Å². The second-order valence-electron chi connectivity index (χ2n) is 9.42. The largest absolute Gasteiger partial charge is 0.535 e. The normalized spacial score (nSPS) is 17.6. The lowest BCUT2D eigenvalue weighted by Crippen LogP contribution is -2.58. The number of phenolic OH excluding ortho intramolecular Hbond substituents is 2. The number of fused-ring (bicyclic) bond motifs is 1. The minimum absolute atomic E-state index is 0.000874. The van der Waals surface area contributed by atoms with Crippen LogP contribution in [0.5, 0.6) is 17.2 Å². The molecule has 13 nitrogen and oxygen atoms in total. The molecule has 0 bridgehead atoms. The Hall–Kier alpha value is -4.01. The molecule has 2 heterocycles. The number of phenols is 2. The summed E-state index contributed by atoms with van der Waals surface area (Å²) in [6.07, 6.45) is -0.439. The number of aromatic carboxylic acids is 1. The number of carbonyl (C=O) groups is 5. The van der Waals surface area contributed by atoms with Gasteiger partial charge in [-0.25, -0.2) is 9.59 Å². The Bertz CT molecular complexity index is 1460. The fourth-order valence-electron chi connectivity index (χ4n) is 4.74. The molecule has 2 atom stereocenters. The number of hydrogen-bond donors (Lipinski definition) is 5. The summed E-state index contributed by atoms with van der Waals surface area (Å²) in [7, 11) is -1.63. The second-order valence-corrected chi connectivity index (χ2v) is 10.2. The van der Waals surface area contributed by atoms with Crippen molar-refractivity contribution in [1.29, 1.82) is 0 Å². The lowest BCUT2D eigenvalue weighted by atomic mass is 9.64. The van der Waals surface area contributed by atoms with Gasteiger partial charge in [0.2, 0.25) is 0 Å². The van der Waals surface area contributed by atoms with Gasteiger partial charge in [0.25, 0.3) is 0 Å². The second kappa shape index (κ2) is 11.8. The standard InChI is InChI=1S/C25H24BCl2N3O10/c1-2-30-7-8-31(23(36)22(30)35)25(39)29-19(13-4-6-15(32)20(34)18(13)28)16(33)10-12-9-11-3-5-14(27)17(24(37)38)21(11)41-26(12)40/h3-6,12,19,32,34,40H,2,7-10H2,1H3,(H,29,39)(H,37,38)/t12-,19?/m1/s1. The molecule has 1 fully saturated rings. The van der Waals surface area contributed by atoms with Crippen LogP contribution >= 0.6 is 23.2 Å². The summed E-state index contributed by atoms with van der Waals surface area (Å²) in [5, 5.41) is 42.0. The van der Waals surface area contributed by atoms with Gasteiger partial charge in [0, 0.05) is 37.4 Å². The van der Waals surface area contributed by atoms with E-state index in [2.05, 4.69) is 5.32 Å². The Morgan fingerprint density at radius 3 is 2.49 bits per heavy atom. The SMILES string of the molecule is CCN1CCN(C(=O)NC(C(=O)C[C@H]2Cc3ccc(Cl)c(C(=O)O)c3OB2O)c2ccc(O)c(O)c2Cl)C(=O)C1=O. The molecule has 216 valence electrons. The van der Waals surface area contributed by atoms with Crippen LogP contribution in [0.25, 0.3) is 0 Å². The van der Waals surface area contributed by atoms with Crippen molar-refractivity contribution in [3.63, 3.8) is 0 Å². The summed E-state index contributed by atoms with van der Waals surface area (Å²) in [6, 6.07) is 2.41. The maximum absolute atomic E-state index is 13.6. The van der Waals surface area contributed by atoms with E-state index in [1.807, 2.05) is 0 Å². The van der Waals surface area contributed by atoms with Gasteiger partial charge < -0.3 is 35.2 Å². The Labute approximate surface area is 243 Å². The van der Waals surface area contributed by atoms with Crippen molar-refractivity contribution in [2.75, 3.05) is 19.6 Å². The van der Waals surface area contributed by atoms with Crippen LogP contribution in [0.4, 0.5) is 4.79 Å². The number of nitrogens with one attached hydrogen (secondary N) is 1. The Morgan fingerprint density at radius 1 is 1.12 bits per heavy atom. The minimum atomic E-state index is -1.63. The topological polar surface area (TPSA) is 194 Å². The molecule has 2 aliphatic heterocycles. The number of ketones is 1. The number of benzene rings is 2. The van der Waals surface area contributed by atoms with Crippen molar-refractivity contribution in [1.82, 2.24) is 15.1 Å². The summed E-state index contributed by atoms with van der Waals surface area (Å²) >= 11 is 12.2. The zero-order valence-electron chi connectivity index (χ0n) is 21.5. The van der Waals surface area contributed by atoms with E-state index in [9.17, 15) is 44.3 Å². The lowest BCUT2D eigenvalue weighted by Gasteiger charge is -2.33. The highest BCUT2D eigenvalue weighted by Crippen LogP contribution is 2.42. The van der Waals surface area contributed by atoms with Crippen LogP contribution in [0.15, 0.2) is 24.3 Å². The molecule has 2 aliphatic rings. The average molecular weight is 608 g/mol. The molecule has 1 saturated heterocycles. The first kappa shape index (κ1) is 30.0. The number of hydrogen-bond acceptors (Lipinski definition) is 9. The molecule has 0 saturated carbocycles. The Morgan fingerprint density at radius 2 is 1.83 bits per heavy atom. The lowest BCUT2D eigenvalue weighted by molar-refractivity contribution is -0.153. The summed E-state index contributed by atoms with van der Waals surface area (Å²) in [5.74, 6) is -6.49. The van der Waals surface area contributed by atoms with Crippen LogP contribution in [0.2, 0.25) is 15.9 Å². The Balaban J connectivity index is 1.62. The van der Waals surface area contributed by atoms with E-state index < -0.39 is 71.5 Å². The fraction of sp³-hybridized carbons (Fsp3) is 0.320. The molecular formula is C25H24BCl2N3O10. The number of carbonyl (C=O) groups excluding carboxylic acids is 4. The van der Waals surface area contributed by atoms with Crippen LogP contribution in [-0.4, -0.2) is 86.5 Å². The van der Waals surface area contributed by atoms with Gasteiger partial charge >= 0.3 is 30.9 Å². The highest BCUT2D eigenvalue weighted by Gasteiger charge is 2.42. The van der Waals surface area contributed by atoms with E-state index in [1.54, 1.807) is 6.92 Å². The van der Waals surface area contributed by atoms with E-state index in [4.69, 9.17) is 27.9 Å². The number of rotatable bonds is 7. The summed E-state index contributed by atoms with van der Waals surface area (Å²) < 4.78 is 5.44. The number of carboxylic acid groups (broad SMARTS) is 1. The molecule has 0 aromatic heterocycles. The van der Waals surface area contributed by atoms with Gasteiger partial charge in [-0.05, 0) is 31.0 Å². The third-order valence-corrected chi connectivity index (χ3v) is 7.66. The van der Waals surface area contributed by atoms with Crippen LogP contribution in [0.1, 0.15) is 40.9 Å². The number of halogens is 2. The van der Waals surface area contributed by atoms with Crippen LogP contribution in [-0.2, 0) is 20.8 Å². The number of piperazine rings is 1. The molecule has 2 aromatic rings. The minimum Gasteiger partial charge on any atom is -0.535 e. The van der Waals surface area contributed by atoms with E-state index in [1.165, 1.54) is 23.1 Å². The van der Waals surface area contributed by atoms with Gasteiger partial charge in [0.05, 0.1) is 10.0 Å². The predicted molar refractivity (Wildman–Crippen MR) is 144 cm³/mol. The van der Waals surface area contributed by atoms with Crippen LogP contribution in [0, 0.1) is 0 Å². The number of Topliss-reactive ketones (excluding diaryl/α,β-unsaturated/α-hetero) is 1. The molecule has 5 N–H and O–H groups in total. The molecular weight excluding hydrogens is 584 g/mol. The number of carboxylic acids is 1. The fourth-order valence-corrected chi connectivity index (χ4v) is 5.24. The molecule has 41 heavy (non-hydrogen) atoms. The van der Waals surface area contributed by atoms with Crippen LogP contribution < -0.4 is 9.97 Å². The maximum Gasteiger partial charge on any atom is 0.526 e.